The minimum Gasteiger partial charge on any atom is -0.464 e. The van der Waals surface area contributed by atoms with Crippen molar-refractivity contribution in [2.75, 3.05) is 6.61 Å². The van der Waals surface area contributed by atoms with Crippen molar-refractivity contribution in [2.45, 2.75) is 63.2 Å². The molecule has 2 N–H and O–H groups in total. The molecule has 5 fully saturated rings. The van der Waals surface area contributed by atoms with Gasteiger partial charge in [-0.3, -0.25) is 4.79 Å². The summed E-state index contributed by atoms with van der Waals surface area (Å²) in [4.78, 5) is 11.0. The van der Waals surface area contributed by atoms with Crippen LogP contribution in [0, 0.1) is 22.7 Å². The van der Waals surface area contributed by atoms with E-state index in [-0.39, 0.29) is 24.2 Å². The molecule has 3 saturated heterocycles. The van der Waals surface area contributed by atoms with E-state index in [1.807, 2.05) is 0 Å². The second kappa shape index (κ2) is 4.46. The van der Waals surface area contributed by atoms with Gasteiger partial charge in [0.25, 0.3) is 6.47 Å². The van der Waals surface area contributed by atoms with Crippen molar-refractivity contribution in [2.24, 2.45) is 22.7 Å². The van der Waals surface area contributed by atoms with Gasteiger partial charge >= 0.3 is 0 Å². The SMILES string of the molecule is C[C@@H]1COC2CC34C(OC=O)CCC35C(OC4C21)O[C@H](O)[C@@H]5O. The predicted molar refractivity (Wildman–Crippen MR) is 73.8 cm³/mol. The number of fused-ring (bicyclic) bond motifs is 2. The summed E-state index contributed by atoms with van der Waals surface area (Å²) in [5, 5.41) is 20.8. The Morgan fingerprint density at radius 2 is 2.09 bits per heavy atom. The summed E-state index contributed by atoms with van der Waals surface area (Å²) >= 11 is 0. The molecule has 0 aromatic heterocycles. The second-order valence-corrected chi connectivity index (χ2v) is 7.83. The van der Waals surface area contributed by atoms with Crippen LogP contribution in [0.3, 0.4) is 0 Å². The minimum absolute atomic E-state index is 0.0496. The molecule has 0 aromatic carbocycles. The second-order valence-electron chi connectivity index (χ2n) is 7.83. The Balaban J connectivity index is 1.65. The number of carbonyl (C=O) groups excluding carboxylic acids is 1. The highest BCUT2D eigenvalue weighted by Crippen LogP contribution is 2.75. The van der Waals surface area contributed by atoms with Crippen LogP contribution in [0.25, 0.3) is 0 Å². The van der Waals surface area contributed by atoms with Crippen molar-refractivity contribution in [3.8, 4) is 0 Å². The zero-order chi connectivity index (χ0) is 16.0. The van der Waals surface area contributed by atoms with Crippen LogP contribution in [-0.2, 0) is 23.7 Å². The van der Waals surface area contributed by atoms with Gasteiger partial charge in [0.2, 0.25) is 0 Å². The van der Waals surface area contributed by atoms with Crippen molar-refractivity contribution in [3.05, 3.63) is 0 Å². The molecule has 0 radical (unpaired) electrons. The molecule has 10 atom stereocenters. The highest BCUT2D eigenvalue weighted by atomic mass is 16.8. The first-order valence-corrected chi connectivity index (χ1v) is 8.44. The van der Waals surface area contributed by atoms with Gasteiger partial charge in [-0.1, -0.05) is 6.92 Å². The quantitative estimate of drug-likeness (QED) is 0.678. The number of hydrogen-bond acceptors (Lipinski definition) is 7. The van der Waals surface area contributed by atoms with Gasteiger partial charge in [0, 0.05) is 17.9 Å². The summed E-state index contributed by atoms with van der Waals surface area (Å²) in [5.74, 6) is 0.557. The van der Waals surface area contributed by atoms with E-state index in [9.17, 15) is 15.0 Å². The summed E-state index contributed by atoms with van der Waals surface area (Å²) in [6.45, 7) is 3.33. The van der Waals surface area contributed by atoms with Gasteiger partial charge in [-0.2, -0.15) is 0 Å². The third kappa shape index (κ3) is 1.39. The molecule has 2 saturated carbocycles. The van der Waals surface area contributed by atoms with Crippen LogP contribution in [0.5, 0.6) is 0 Å². The monoisotopic (exact) mass is 326 g/mol. The van der Waals surface area contributed by atoms with Crippen molar-refractivity contribution in [1.29, 1.82) is 0 Å². The normalized spacial score (nSPS) is 62.7. The molecule has 5 aliphatic rings. The predicted octanol–water partition coefficient (Wildman–Crippen LogP) is -0.216. The molecular formula is C16H22O7. The van der Waals surface area contributed by atoms with Crippen molar-refractivity contribution in [1.82, 2.24) is 0 Å². The smallest absolute Gasteiger partial charge is 0.293 e. The van der Waals surface area contributed by atoms with E-state index in [1.54, 1.807) is 0 Å². The van der Waals surface area contributed by atoms with Gasteiger partial charge in [-0.15, -0.1) is 0 Å². The van der Waals surface area contributed by atoms with Crippen molar-refractivity contribution >= 4 is 6.47 Å². The molecule has 2 aliphatic carbocycles. The van der Waals surface area contributed by atoms with E-state index in [2.05, 4.69) is 6.92 Å². The third-order valence-corrected chi connectivity index (χ3v) is 7.29. The Morgan fingerprint density at radius 3 is 2.87 bits per heavy atom. The molecular weight excluding hydrogens is 304 g/mol. The summed E-state index contributed by atoms with van der Waals surface area (Å²) in [6, 6.07) is 0. The first-order valence-electron chi connectivity index (χ1n) is 8.44. The van der Waals surface area contributed by atoms with Gasteiger partial charge in [0.1, 0.15) is 12.2 Å². The summed E-state index contributed by atoms with van der Waals surface area (Å²) < 4.78 is 23.2. The lowest BCUT2D eigenvalue weighted by Crippen LogP contribution is -2.53. The Bertz CT molecular complexity index is 541. The molecule has 7 heteroatoms. The molecule has 0 aromatic rings. The highest BCUT2D eigenvalue weighted by Gasteiger charge is 2.83. The highest BCUT2D eigenvalue weighted by molar-refractivity contribution is 5.39. The van der Waals surface area contributed by atoms with E-state index in [1.165, 1.54) is 0 Å². The van der Waals surface area contributed by atoms with Gasteiger partial charge in [-0.25, -0.2) is 0 Å². The largest absolute Gasteiger partial charge is 0.464 e. The van der Waals surface area contributed by atoms with E-state index >= 15 is 0 Å². The first-order chi connectivity index (χ1) is 11.1. The van der Waals surface area contributed by atoms with E-state index < -0.39 is 29.5 Å². The van der Waals surface area contributed by atoms with E-state index in [0.717, 1.165) is 0 Å². The molecule has 7 unspecified atom stereocenters. The van der Waals surface area contributed by atoms with Crippen LogP contribution < -0.4 is 0 Å². The number of hydrogen-bond donors (Lipinski definition) is 2. The molecule has 0 bridgehead atoms. The number of aliphatic hydroxyl groups excluding tert-OH is 2. The molecule has 7 nitrogen and oxygen atoms in total. The summed E-state index contributed by atoms with van der Waals surface area (Å²) in [6.07, 6.45) is -1.47. The molecule has 3 heterocycles. The molecule has 0 amide bonds. The maximum Gasteiger partial charge on any atom is 0.293 e. The first kappa shape index (κ1) is 14.6. The minimum atomic E-state index is -1.26. The van der Waals surface area contributed by atoms with Crippen LogP contribution >= 0.6 is 0 Å². The van der Waals surface area contributed by atoms with Crippen molar-refractivity contribution < 1.29 is 34.0 Å². The van der Waals surface area contributed by atoms with Crippen LogP contribution in [0.1, 0.15) is 26.2 Å². The van der Waals surface area contributed by atoms with E-state index in [4.69, 9.17) is 18.9 Å². The van der Waals surface area contributed by atoms with Gasteiger partial charge in [0.05, 0.1) is 17.6 Å². The fourth-order valence-electron chi connectivity index (χ4n) is 6.51. The Hall–Kier alpha value is -0.730. The number of rotatable bonds is 2. The van der Waals surface area contributed by atoms with E-state index in [0.29, 0.717) is 38.3 Å². The third-order valence-electron chi connectivity index (χ3n) is 7.29. The fraction of sp³-hybridized carbons (Fsp3) is 0.938. The van der Waals surface area contributed by atoms with Gasteiger partial charge in [0.15, 0.2) is 12.6 Å². The lowest BCUT2D eigenvalue weighted by atomic mass is 9.61. The Labute approximate surface area is 133 Å². The lowest BCUT2D eigenvalue weighted by Gasteiger charge is -2.42. The van der Waals surface area contributed by atoms with Crippen LogP contribution in [-0.4, -0.2) is 60.3 Å². The topological polar surface area (TPSA) is 94.5 Å². The van der Waals surface area contributed by atoms with Crippen LogP contribution in [0.4, 0.5) is 0 Å². The zero-order valence-corrected chi connectivity index (χ0v) is 13.0. The summed E-state index contributed by atoms with van der Waals surface area (Å²) in [7, 11) is 0. The van der Waals surface area contributed by atoms with Gasteiger partial charge in [-0.05, 0) is 25.2 Å². The maximum atomic E-state index is 11.0. The van der Waals surface area contributed by atoms with Crippen molar-refractivity contribution in [3.63, 3.8) is 0 Å². The average molecular weight is 326 g/mol. The Morgan fingerprint density at radius 1 is 1.26 bits per heavy atom. The van der Waals surface area contributed by atoms with Crippen LogP contribution in [0.2, 0.25) is 0 Å². The van der Waals surface area contributed by atoms with Gasteiger partial charge < -0.3 is 29.2 Å². The Kier molecular flexibility index (Phi) is 2.83. The lowest BCUT2D eigenvalue weighted by molar-refractivity contribution is -0.213. The zero-order valence-electron chi connectivity index (χ0n) is 13.0. The maximum absolute atomic E-state index is 11.0. The number of ether oxygens (including phenoxy) is 4. The fourth-order valence-corrected chi connectivity index (χ4v) is 6.51. The molecule has 2 spiro atoms. The average Bonchev–Trinajstić information content (AvgIpc) is 3.23. The molecule has 5 rings (SSSR count). The standard InChI is InChI=1S/C16H22O7/c1-7-5-20-8-4-16-9(21-6-17)2-3-15(16)11(18)13(19)23-14(15)22-12(16)10(7)8/h6-14,18-19H,2-5H2,1H3/t7-,8?,9?,10?,11+,12?,13+,14?,15?,16?/m1/s1. The summed E-state index contributed by atoms with van der Waals surface area (Å²) in [5.41, 5.74) is -1.27. The number of aliphatic hydroxyl groups is 2. The van der Waals surface area contributed by atoms with Crippen LogP contribution in [0.15, 0.2) is 0 Å². The number of carbonyl (C=O) groups is 1. The molecule has 128 valence electrons. The molecule has 3 aliphatic heterocycles. The molecule has 23 heavy (non-hydrogen) atoms.